The smallest absolute Gasteiger partial charge is 0.416 e. The van der Waals surface area contributed by atoms with Gasteiger partial charge in [-0.15, -0.1) is 23.2 Å². The van der Waals surface area contributed by atoms with E-state index in [-0.39, 0.29) is 30.5 Å². The maximum absolute atomic E-state index is 13.2. The number of rotatable bonds is 7. The van der Waals surface area contributed by atoms with Gasteiger partial charge >= 0.3 is 12.1 Å². The molecule has 1 aliphatic rings. The van der Waals surface area contributed by atoms with Gasteiger partial charge in [-0.05, 0) is 48.7 Å². The first-order valence-corrected chi connectivity index (χ1v) is 13.8. The summed E-state index contributed by atoms with van der Waals surface area (Å²) in [5, 5.41) is 12.2. The number of methoxy groups -OCH3 is 1. The number of phenols is 1. The van der Waals surface area contributed by atoms with Gasteiger partial charge in [0.2, 0.25) is 15.9 Å². The van der Waals surface area contributed by atoms with Crippen molar-refractivity contribution in [3.05, 3.63) is 59.7 Å². The van der Waals surface area contributed by atoms with Crippen LogP contribution in [0.4, 0.5) is 13.2 Å². The SMILES string of the molecule is COC(=O)[C@H](Cc1ccc(O)cc1)NC(=O)[C@@H]1CCCCN1S(=O)(=O)c1cccc(C(F)(F)F)c1.ClCCl. The topological polar surface area (TPSA) is 113 Å². The molecule has 0 saturated carbocycles. The summed E-state index contributed by atoms with van der Waals surface area (Å²) in [6.07, 6.45) is -3.63. The Hall–Kier alpha value is -2.54. The van der Waals surface area contributed by atoms with Crippen LogP contribution in [0.25, 0.3) is 0 Å². The number of nitrogens with zero attached hydrogens (tertiary/aromatic N) is 1. The van der Waals surface area contributed by atoms with Gasteiger partial charge in [0.1, 0.15) is 17.8 Å². The van der Waals surface area contributed by atoms with E-state index in [0.29, 0.717) is 24.5 Å². The first kappa shape index (κ1) is 31.7. The maximum Gasteiger partial charge on any atom is 0.416 e. The highest BCUT2D eigenvalue weighted by Crippen LogP contribution is 2.32. The van der Waals surface area contributed by atoms with Crippen LogP contribution in [-0.2, 0) is 36.9 Å². The van der Waals surface area contributed by atoms with Crippen LogP contribution in [0.3, 0.4) is 0 Å². The molecule has 1 fully saturated rings. The van der Waals surface area contributed by atoms with Crippen molar-refractivity contribution in [1.29, 1.82) is 0 Å². The largest absolute Gasteiger partial charge is 0.508 e. The number of ether oxygens (including phenoxy) is 1. The molecule has 2 aromatic rings. The third kappa shape index (κ3) is 8.48. The van der Waals surface area contributed by atoms with Crippen LogP contribution in [0.5, 0.6) is 5.75 Å². The molecule has 0 bridgehead atoms. The number of esters is 1. The molecule has 1 amide bonds. The summed E-state index contributed by atoms with van der Waals surface area (Å²) in [6.45, 7) is -0.0580. The van der Waals surface area contributed by atoms with Gasteiger partial charge < -0.3 is 15.2 Å². The van der Waals surface area contributed by atoms with Crippen LogP contribution in [0.2, 0.25) is 0 Å². The molecule has 0 aromatic heterocycles. The number of carbonyl (C=O) groups is 2. The number of hydrogen-bond donors (Lipinski definition) is 2. The van der Waals surface area contributed by atoms with E-state index in [4.69, 9.17) is 27.9 Å². The van der Waals surface area contributed by atoms with Crippen LogP contribution in [0.15, 0.2) is 53.4 Å². The molecule has 14 heteroatoms. The molecule has 2 atom stereocenters. The molecule has 1 saturated heterocycles. The fraction of sp³-hybridized carbons (Fsp3) is 0.417. The first-order chi connectivity index (χ1) is 17.8. The lowest BCUT2D eigenvalue weighted by Crippen LogP contribution is -2.55. The molecule has 1 heterocycles. The molecule has 3 rings (SSSR count). The van der Waals surface area contributed by atoms with Gasteiger partial charge in [-0.1, -0.05) is 24.6 Å². The van der Waals surface area contributed by atoms with E-state index in [0.717, 1.165) is 29.6 Å². The Kier molecular flexibility index (Phi) is 11.7. The first-order valence-electron chi connectivity index (χ1n) is 11.3. The summed E-state index contributed by atoms with van der Waals surface area (Å²) >= 11 is 9.53. The third-order valence-electron chi connectivity index (χ3n) is 5.70. The van der Waals surface area contributed by atoms with Crippen LogP contribution < -0.4 is 5.32 Å². The standard InChI is InChI=1S/C23H25F3N2O6S.CH2Cl2/c1-34-22(31)19(13-15-8-10-17(29)11-9-15)27-21(30)20-7-2-3-12-28(20)35(32,33)18-6-4-5-16(14-18)23(24,25)26;2-1-3/h4-6,8-11,14,19-20,29H,2-3,7,12-13H2,1H3,(H,27,30);1H2/t19-,20-;/m0./s1. The van der Waals surface area contributed by atoms with Gasteiger partial charge in [0.05, 0.1) is 22.9 Å². The highest BCUT2D eigenvalue weighted by atomic mass is 35.5. The third-order valence-corrected chi connectivity index (χ3v) is 7.61. The summed E-state index contributed by atoms with van der Waals surface area (Å²) in [6, 6.07) is 6.95. The highest BCUT2D eigenvalue weighted by molar-refractivity contribution is 7.89. The van der Waals surface area contributed by atoms with Gasteiger partial charge in [-0.25, -0.2) is 13.2 Å². The number of carbonyl (C=O) groups excluding carboxylic acids is 2. The zero-order valence-electron chi connectivity index (χ0n) is 20.2. The van der Waals surface area contributed by atoms with Crippen LogP contribution >= 0.6 is 23.2 Å². The lowest BCUT2D eigenvalue weighted by molar-refractivity contribution is -0.145. The van der Waals surface area contributed by atoms with Crippen molar-refractivity contribution in [2.75, 3.05) is 19.0 Å². The minimum absolute atomic E-state index is 0.0186. The molecular weight excluding hydrogens is 572 g/mol. The molecule has 2 N–H and O–H groups in total. The number of alkyl halides is 5. The van der Waals surface area contributed by atoms with Crippen molar-refractivity contribution in [2.45, 2.75) is 48.8 Å². The summed E-state index contributed by atoms with van der Waals surface area (Å²) < 4.78 is 71.5. The predicted octanol–water partition coefficient (Wildman–Crippen LogP) is 4.28. The molecule has 210 valence electrons. The quantitative estimate of drug-likeness (QED) is 0.363. The molecular formula is C24H27Cl2F3N2O6S. The van der Waals surface area contributed by atoms with Gasteiger partial charge in [-0.3, -0.25) is 4.79 Å². The molecule has 0 spiro atoms. The molecule has 0 aliphatic carbocycles. The van der Waals surface area contributed by atoms with Crippen molar-refractivity contribution in [3.8, 4) is 5.75 Å². The van der Waals surface area contributed by atoms with Crippen molar-refractivity contribution >= 4 is 45.1 Å². The van der Waals surface area contributed by atoms with Crippen LogP contribution in [0.1, 0.15) is 30.4 Å². The number of amides is 1. The van der Waals surface area contributed by atoms with Crippen molar-refractivity contribution in [1.82, 2.24) is 9.62 Å². The van der Waals surface area contributed by atoms with E-state index in [1.165, 1.54) is 12.1 Å². The lowest BCUT2D eigenvalue weighted by Gasteiger charge is -2.34. The molecule has 1 aliphatic heterocycles. The number of piperidine rings is 1. The molecule has 8 nitrogen and oxygen atoms in total. The molecule has 0 unspecified atom stereocenters. The number of halogens is 5. The number of nitrogens with one attached hydrogen (secondary N) is 1. The van der Waals surface area contributed by atoms with Gasteiger partial charge in [0.25, 0.3) is 0 Å². The van der Waals surface area contributed by atoms with Gasteiger partial charge in [-0.2, -0.15) is 17.5 Å². The average molecular weight is 599 g/mol. The van der Waals surface area contributed by atoms with E-state index < -0.39 is 50.6 Å². The summed E-state index contributed by atoms with van der Waals surface area (Å²) in [5.41, 5.74) is -0.508. The second kappa shape index (κ2) is 14.0. The van der Waals surface area contributed by atoms with Crippen LogP contribution in [0, 0.1) is 0 Å². The fourth-order valence-electron chi connectivity index (χ4n) is 3.89. The number of hydrogen-bond acceptors (Lipinski definition) is 6. The Balaban J connectivity index is 0.00000161. The second-order valence-corrected chi connectivity index (χ2v) is 10.9. The van der Waals surface area contributed by atoms with Crippen molar-refractivity contribution in [3.63, 3.8) is 0 Å². The van der Waals surface area contributed by atoms with E-state index in [1.54, 1.807) is 12.1 Å². The number of sulfonamides is 1. The van der Waals surface area contributed by atoms with Gasteiger partial charge in [0, 0.05) is 13.0 Å². The molecule has 38 heavy (non-hydrogen) atoms. The number of benzene rings is 2. The summed E-state index contributed by atoms with van der Waals surface area (Å²) in [7, 11) is -3.29. The number of aromatic hydroxyl groups is 1. The zero-order chi connectivity index (χ0) is 28.5. The Bertz CT molecular complexity index is 1200. The zero-order valence-corrected chi connectivity index (χ0v) is 22.6. The summed E-state index contributed by atoms with van der Waals surface area (Å²) in [4.78, 5) is 24.9. The average Bonchev–Trinajstić information content (AvgIpc) is 2.89. The maximum atomic E-state index is 13.2. The van der Waals surface area contributed by atoms with Gasteiger partial charge in [0.15, 0.2) is 0 Å². The van der Waals surface area contributed by atoms with E-state index in [1.807, 2.05) is 0 Å². The van der Waals surface area contributed by atoms with Crippen LogP contribution in [-0.4, -0.2) is 60.8 Å². The minimum Gasteiger partial charge on any atom is -0.508 e. The van der Waals surface area contributed by atoms with Crippen molar-refractivity contribution < 1.29 is 41.0 Å². The Morgan fingerprint density at radius 3 is 2.37 bits per heavy atom. The number of phenolic OH excluding ortho intramolecular Hbond substituents is 1. The monoisotopic (exact) mass is 598 g/mol. The minimum atomic E-state index is -4.73. The Labute approximate surface area is 228 Å². The van der Waals surface area contributed by atoms with Crippen molar-refractivity contribution in [2.24, 2.45) is 0 Å². The second-order valence-electron chi connectivity index (χ2n) is 8.21. The Morgan fingerprint density at radius 2 is 1.79 bits per heavy atom. The van der Waals surface area contributed by atoms with E-state index in [9.17, 15) is 36.3 Å². The fourth-order valence-corrected chi connectivity index (χ4v) is 5.60. The van der Waals surface area contributed by atoms with E-state index >= 15 is 0 Å². The lowest BCUT2D eigenvalue weighted by atomic mass is 10.0. The predicted molar refractivity (Wildman–Crippen MR) is 135 cm³/mol. The summed E-state index contributed by atoms with van der Waals surface area (Å²) in [5.74, 6) is -1.49. The van der Waals surface area contributed by atoms with E-state index in [2.05, 4.69) is 5.32 Å². The molecule has 2 aromatic carbocycles. The highest BCUT2D eigenvalue weighted by Gasteiger charge is 2.40. The normalized spacial score (nSPS) is 17.1. The molecule has 0 radical (unpaired) electrons. The Morgan fingerprint density at radius 1 is 1.16 bits per heavy atom.